The van der Waals surface area contributed by atoms with Crippen molar-refractivity contribution < 1.29 is 62.1 Å². The summed E-state index contributed by atoms with van der Waals surface area (Å²) in [5.74, 6) is -1.62. The van der Waals surface area contributed by atoms with Gasteiger partial charge in [-0.25, -0.2) is 8.98 Å². The molecule has 5 rings (SSSR count). The van der Waals surface area contributed by atoms with Crippen LogP contribution in [0.1, 0.15) is 98.8 Å². The zero-order valence-electron chi connectivity index (χ0n) is 28.1. The highest BCUT2D eigenvalue weighted by atomic mass is 32.3. The third-order valence-corrected chi connectivity index (χ3v) is 13.6. The Morgan fingerprint density at radius 3 is 2.23 bits per heavy atom. The average molecular weight is 693 g/mol. The van der Waals surface area contributed by atoms with Crippen molar-refractivity contribution in [1.29, 1.82) is 0 Å². The van der Waals surface area contributed by atoms with Crippen LogP contribution in [-0.2, 0) is 28.9 Å². The predicted molar refractivity (Wildman–Crippen MR) is 167 cm³/mol. The second kappa shape index (κ2) is 13.3. The summed E-state index contributed by atoms with van der Waals surface area (Å²) in [7, 11) is -4.84. The van der Waals surface area contributed by atoms with Crippen LogP contribution in [0.15, 0.2) is 0 Å². The van der Waals surface area contributed by atoms with Gasteiger partial charge in [0.1, 0.15) is 18.3 Å². The fraction of sp³-hybridized carbons (Fsp3) is 0.970. The lowest BCUT2D eigenvalue weighted by Crippen LogP contribution is -2.62. The Kier molecular flexibility index (Phi) is 10.6. The Bertz CT molecular complexity index is 1240. The van der Waals surface area contributed by atoms with E-state index in [0.717, 1.165) is 25.7 Å². The van der Waals surface area contributed by atoms with Gasteiger partial charge < -0.3 is 40.1 Å². The number of rotatable bonds is 10. The van der Waals surface area contributed by atoms with Crippen molar-refractivity contribution in [2.24, 2.45) is 46.3 Å². The largest absolute Gasteiger partial charge is 0.479 e. The highest BCUT2D eigenvalue weighted by molar-refractivity contribution is 7.80. The van der Waals surface area contributed by atoms with Crippen LogP contribution in [0, 0.1) is 46.3 Å². The molecule has 16 atom stereocenters. The second-order valence-corrected chi connectivity index (χ2v) is 17.6. The van der Waals surface area contributed by atoms with E-state index in [0.29, 0.717) is 38.0 Å². The predicted octanol–water partition coefficient (Wildman–Crippen LogP) is 2.27. The van der Waals surface area contributed by atoms with Crippen molar-refractivity contribution >= 4 is 16.4 Å². The summed E-state index contributed by atoms with van der Waals surface area (Å²) in [4.78, 5) is 11.6. The monoisotopic (exact) mass is 692 g/mol. The van der Waals surface area contributed by atoms with Crippen molar-refractivity contribution in [3.63, 3.8) is 0 Å². The lowest BCUT2D eigenvalue weighted by molar-refractivity contribution is -0.311. The fourth-order valence-electron chi connectivity index (χ4n) is 11.1. The van der Waals surface area contributed by atoms with Gasteiger partial charge >= 0.3 is 16.4 Å². The minimum absolute atomic E-state index is 0.00345. The third-order valence-electron chi connectivity index (χ3n) is 13.2. The van der Waals surface area contributed by atoms with Crippen LogP contribution in [0.2, 0.25) is 0 Å². The van der Waals surface area contributed by atoms with Crippen LogP contribution in [-0.4, -0.2) is 104 Å². The number of aliphatic hydroxyl groups is 5. The summed E-state index contributed by atoms with van der Waals surface area (Å²) in [6, 6.07) is 0. The van der Waals surface area contributed by atoms with E-state index in [4.69, 9.17) is 13.7 Å². The lowest BCUT2D eigenvalue weighted by atomic mass is 9.43. The molecule has 47 heavy (non-hydrogen) atoms. The van der Waals surface area contributed by atoms with Gasteiger partial charge in [-0.1, -0.05) is 40.5 Å². The first-order valence-electron chi connectivity index (χ1n) is 17.3. The summed E-state index contributed by atoms with van der Waals surface area (Å²) < 4.78 is 51.0. The summed E-state index contributed by atoms with van der Waals surface area (Å²) in [5, 5.41) is 63.6. The number of aliphatic hydroxyl groups excluding tert-OH is 4. The first kappa shape index (κ1) is 37.3. The van der Waals surface area contributed by atoms with E-state index in [1.807, 2.05) is 6.92 Å². The second-order valence-electron chi connectivity index (χ2n) is 16.5. The fourth-order valence-corrected chi connectivity index (χ4v) is 11.7. The zero-order chi connectivity index (χ0) is 34.9. The maximum absolute atomic E-state index is 12.2. The van der Waals surface area contributed by atoms with Gasteiger partial charge in [0.05, 0.1) is 23.9 Å². The van der Waals surface area contributed by atoms with E-state index < -0.39 is 82.3 Å². The topological polar surface area (TPSA) is 221 Å². The molecule has 272 valence electrons. The van der Waals surface area contributed by atoms with Crippen molar-refractivity contribution in [2.45, 2.75) is 153 Å². The number of fused-ring (bicyclic) bond motifs is 5. The molecule has 13 nitrogen and oxygen atoms in total. The summed E-state index contributed by atoms with van der Waals surface area (Å²) >= 11 is 0. The van der Waals surface area contributed by atoms with Gasteiger partial charge in [-0.05, 0) is 98.7 Å². The summed E-state index contributed by atoms with van der Waals surface area (Å²) in [5.41, 5.74) is -1.89. The molecule has 5 aliphatic rings. The van der Waals surface area contributed by atoms with E-state index in [2.05, 4.69) is 27.7 Å². The van der Waals surface area contributed by atoms with Crippen LogP contribution < -0.4 is 0 Å². The van der Waals surface area contributed by atoms with Gasteiger partial charge in [-0.2, -0.15) is 8.42 Å². The standard InChI is InChI=1S/C33H56O13S/c1-16(2)7-6-10-33(5,40)28-22(34)15-20-18-14-23(46-47(41,42)43)21-13-17(8-11-31(21,3)19(18)9-12-32(20,28)4)44-30-26(37)24(35)25(36)27(45-30)29(38)39/h16-28,30,34-37,40H,6-15H2,1-5H3,(H,38,39)(H,41,42,43). The lowest BCUT2D eigenvalue weighted by Gasteiger charge is -2.63. The van der Waals surface area contributed by atoms with Gasteiger partial charge in [-0.15, -0.1) is 0 Å². The van der Waals surface area contributed by atoms with Gasteiger partial charge in [0, 0.05) is 5.92 Å². The van der Waals surface area contributed by atoms with Gasteiger partial charge in [0.25, 0.3) is 0 Å². The van der Waals surface area contributed by atoms with E-state index in [9.17, 15) is 48.4 Å². The molecular formula is C33H56O13S. The molecule has 0 radical (unpaired) electrons. The van der Waals surface area contributed by atoms with Gasteiger partial charge in [-0.3, -0.25) is 4.55 Å². The summed E-state index contributed by atoms with van der Waals surface area (Å²) in [6.07, 6.45) is -4.82. The van der Waals surface area contributed by atoms with E-state index >= 15 is 0 Å². The Balaban J connectivity index is 1.38. The molecule has 1 aliphatic heterocycles. The Labute approximate surface area is 277 Å². The number of carboxylic acids is 1. The van der Waals surface area contributed by atoms with Crippen molar-refractivity contribution in [1.82, 2.24) is 0 Å². The molecule has 1 heterocycles. The molecule has 16 unspecified atom stereocenters. The molecule has 4 saturated carbocycles. The summed E-state index contributed by atoms with van der Waals surface area (Å²) in [6.45, 7) is 10.4. The van der Waals surface area contributed by atoms with Crippen molar-refractivity contribution in [2.75, 3.05) is 0 Å². The number of aliphatic carboxylic acids is 1. The van der Waals surface area contributed by atoms with Crippen LogP contribution in [0.5, 0.6) is 0 Å². The smallest absolute Gasteiger partial charge is 0.397 e. The van der Waals surface area contributed by atoms with Gasteiger partial charge in [0.2, 0.25) is 0 Å². The SMILES string of the molecule is CC(C)CCCC(C)(O)C1C(O)CC2C3CC(OS(=O)(=O)O)C4CC(OC5OC(C(=O)O)C(O)C(O)C5O)CCC4(C)C3CCC21C. The molecule has 4 aliphatic carbocycles. The normalized spacial score (nSPS) is 48.3. The molecular weight excluding hydrogens is 636 g/mol. The molecule has 0 spiro atoms. The first-order chi connectivity index (χ1) is 21.7. The molecule has 7 N–H and O–H groups in total. The number of hydrogen-bond acceptors (Lipinski definition) is 11. The number of ether oxygens (including phenoxy) is 2. The molecule has 1 saturated heterocycles. The molecule has 0 aromatic rings. The zero-order valence-corrected chi connectivity index (χ0v) is 29.0. The number of hydrogen-bond donors (Lipinski definition) is 7. The Morgan fingerprint density at radius 1 is 0.957 bits per heavy atom. The highest BCUT2D eigenvalue weighted by Gasteiger charge is 2.67. The first-order valence-corrected chi connectivity index (χ1v) is 18.7. The highest BCUT2D eigenvalue weighted by Crippen LogP contribution is 2.69. The minimum Gasteiger partial charge on any atom is -0.479 e. The van der Waals surface area contributed by atoms with Crippen LogP contribution >= 0.6 is 0 Å². The average Bonchev–Trinajstić information content (AvgIpc) is 3.23. The maximum atomic E-state index is 12.2. The molecule has 14 heteroatoms. The molecule has 5 fully saturated rings. The van der Waals surface area contributed by atoms with Crippen molar-refractivity contribution in [3.8, 4) is 0 Å². The Hall–Kier alpha value is -0.940. The molecule has 0 aromatic carbocycles. The molecule has 0 aromatic heterocycles. The quantitative estimate of drug-likeness (QED) is 0.129. The van der Waals surface area contributed by atoms with E-state index in [1.54, 1.807) is 0 Å². The molecule has 0 bridgehead atoms. The van der Waals surface area contributed by atoms with Crippen LogP contribution in [0.25, 0.3) is 0 Å². The third kappa shape index (κ3) is 7.02. The van der Waals surface area contributed by atoms with E-state index in [-0.39, 0.29) is 35.5 Å². The molecule has 0 amide bonds. The van der Waals surface area contributed by atoms with Crippen LogP contribution in [0.4, 0.5) is 0 Å². The Morgan fingerprint density at radius 2 is 1.62 bits per heavy atom. The number of carboxylic acid groups (broad SMARTS) is 1. The van der Waals surface area contributed by atoms with Gasteiger partial charge in [0.15, 0.2) is 12.4 Å². The maximum Gasteiger partial charge on any atom is 0.397 e. The minimum atomic E-state index is -4.84. The number of carbonyl (C=O) groups is 1. The van der Waals surface area contributed by atoms with E-state index in [1.165, 1.54) is 0 Å². The van der Waals surface area contributed by atoms with Crippen LogP contribution in [0.3, 0.4) is 0 Å². The van der Waals surface area contributed by atoms with Crippen molar-refractivity contribution in [3.05, 3.63) is 0 Å².